The van der Waals surface area contributed by atoms with Crippen LogP contribution in [0.15, 0.2) is 23.1 Å². The van der Waals surface area contributed by atoms with E-state index in [1.165, 1.54) is 29.3 Å². The van der Waals surface area contributed by atoms with Crippen molar-refractivity contribution >= 4 is 27.5 Å². The summed E-state index contributed by atoms with van der Waals surface area (Å²) in [6, 6.07) is 4.85. The van der Waals surface area contributed by atoms with Gasteiger partial charge in [-0.3, -0.25) is 4.79 Å². The molecular weight excluding hydrogens is 384 g/mol. The molecule has 0 atom stereocenters. The second-order valence-electron chi connectivity index (χ2n) is 7.67. The van der Waals surface area contributed by atoms with Gasteiger partial charge in [-0.15, -0.1) is 0 Å². The monoisotopic (exact) mass is 412 g/mol. The number of rotatable bonds is 4. The van der Waals surface area contributed by atoms with E-state index in [9.17, 15) is 13.2 Å². The molecule has 1 aromatic rings. The highest BCUT2D eigenvalue weighted by molar-refractivity contribution is 7.89. The number of halogens is 1. The Kier molecular flexibility index (Phi) is 6.82. The van der Waals surface area contributed by atoms with Crippen molar-refractivity contribution in [1.29, 1.82) is 0 Å². The zero-order chi connectivity index (χ0) is 19.4. The Balaban J connectivity index is 1.84. The van der Waals surface area contributed by atoms with E-state index in [-0.39, 0.29) is 21.9 Å². The molecule has 27 heavy (non-hydrogen) atoms. The molecule has 7 heteroatoms. The summed E-state index contributed by atoms with van der Waals surface area (Å²) in [4.78, 5) is 14.8. The number of benzene rings is 1. The van der Waals surface area contributed by atoms with Crippen LogP contribution in [0.5, 0.6) is 0 Å². The van der Waals surface area contributed by atoms with Crippen molar-refractivity contribution in [1.82, 2.24) is 9.21 Å². The molecule has 1 aliphatic heterocycles. The van der Waals surface area contributed by atoms with Gasteiger partial charge in [0.25, 0.3) is 5.91 Å². The Morgan fingerprint density at radius 2 is 1.63 bits per heavy atom. The van der Waals surface area contributed by atoms with Gasteiger partial charge in [-0.2, -0.15) is 4.31 Å². The first-order valence-electron chi connectivity index (χ1n) is 9.98. The molecule has 0 aromatic heterocycles. The minimum absolute atomic E-state index is 0.0474. The van der Waals surface area contributed by atoms with E-state index in [1.807, 2.05) is 7.05 Å². The van der Waals surface area contributed by atoms with Gasteiger partial charge in [0.2, 0.25) is 10.0 Å². The number of piperidine rings is 1. The SMILES string of the molecule is CN(C(=O)c1ccc(Cl)c(S(=O)(=O)N2CCCCC2)c1)C1CCCCCC1. The van der Waals surface area contributed by atoms with Gasteiger partial charge in [0.05, 0.1) is 5.02 Å². The maximum atomic E-state index is 13.0. The normalized spacial score (nSPS) is 20.2. The average Bonchev–Trinajstić information content (AvgIpc) is 2.97. The third-order valence-electron chi connectivity index (χ3n) is 5.80. The first kappa shape index (κ1) is 20.6. The lowest BCUT2D eigenvalue weighted by Crippen LogP contribution is -2.37. The molecule has 1 amide bonds. The number of nitrogens with zero attached hydrogens (tertiary/aromatic N) is 2. The Hall–Kier alpha value is -1.11. The average molecular weight is 413 g/mol. The fourth-order valence-corrected chi connectivity index (χ4v) is 6.11. The number of hydrogen-bond acceptors (Lipinski definition) is 3. The number of carbonyl (C=O) groups excluding carboxylic acids is 1. The van der Waals surface area contributed by atoms with E-state index in [4.69, 9.17) is 11.6 Å². The van der Waals surface area contributed by atoms with Crippen LogP contribution in [0.25, 0.3) is 0 Å². The Bertz CT molecular complexity index is 767. The lowest BCUT2D eigenvalue weighted by atomic mass is 10.1. The van der Waals surface area contributed by atoms with E-state index < -0.39 is 10.0 Å². The summed E-state index contributed by atoms with van der Waals surface area (Å²) in [5.41, 5.74) is 0.390. The first-order chi connectivity index (χ1) is 12.9. The Morgan fingerprint density at radius 1 is 1.04 bits per heavy atom. The van der Waals surface area contributed by atoms with Crippen molar-refractivity contribution in [2.75, 3.05) is 20.1 Å². The van der Waals surface area contributed by atoms with E-state index in [0.717, 1.165) is 44.9 Å². The number of carbonyl (C=O) groups is 1. The van der Waals surface area contributed by atoms with Crippen molar-refractivity contribution < 1.29 is 13.2 Å². The first-order valence-corrected chi connectivity index (χ1v) is 11.8. The van der Waals surface area contributed by atoms with Gasteiger partial charge in [-0.05, 0) is 43.9 Å². The molecule has 5 nitrogen and oxygen atoms in total. The highest BCUT2D eigenvalue weighted by Crippen LogP contribution is 2.29. The van der Waals surface area contributed by atoms with Crippen molar-refractivity contribution in [2.45, 2.75) is 68.7 Å². The molecular formula is C20H29ClN2O3S. The smallest absolute Gasteiger partial charge is 0.253 e. The number of amides is 1. The number of sulfonamides is 1. The molecule has 1 aliphatic carbocycles. The van der Waals surface area contributed by atoms with Crippen LogP contribution < -0.4 is 0 Å². The topological polar surface area (TPSA) is 57.7 Å². The largest absolute Gasteiger partial charge is 0.339 e. The van der Waals surface area contributed by atoms with Crippen LogP contribution in [0, 0.1) is 0 Å². The fourth-order valence-electron chi connectivity index (χ4n) is 4.09. The predicted molar refractivity (Wildman–Crippen MR) is 108 cm³/mol. The third kappa shape index (κ3) is 4.66. The van der Waals surface area contributed by atoms with Crippen molar-refractivity contribution in [3.05, 3.63) is 28.8 Å². The molecule has 1 aromatic carbocycles. The summed E-state index contributed by atoms with van der Waals surface area (Å²) in [7, 11) is -1.85. The quantitative estimate of drug-likeness (QED) is 0.692. The standard InChI is InChI=1S/C20H29ClN2O3S/c1-22(17-9-5-2-3-6-10-17)20(24)16-11-12-18(21)19(15-16)27(25,26)23-13-7-4-8-14-23/h11-12,15,17H,2-10,13-14H2,1H3. The molecule has 0 bridgehead atoms. The third-order valence-corrected chi connectivity index (χ3v) is 8.18. The summed E-state index contributed by atoms with van der Waals surface area (Å²) >= 11 is 6.22. The molecule has 3 rings (SSSR count). The van der Waals surface area contributed by atoms with Gasteiger partial charge in [0.15, 0.2) is 0 Å². The molecule has 1 heterocycles. The minimum atomic E-state index is -3.67. The van der Waals surface area contributed by atoms with Crippen LogP contribution >= 0.6 is 11.6 Å². The van der Waals surface area contributed by atoms with E-state index >= 15 is 0 Å². The number of hydrogen-bond donors (Lipinski definition) is 0. The van der Waals surface area contributed by atoms with Crippen LogP contribution in [-0.2, 0) is 10.0 Å². The van der Waals surface area contributed by atoms with Crippen molar-refractivity contribution in [3.8, 4) is 0 Å². The second kappa shape index (κ2) is 8.93. The van der Waals surface area contributed by atoms with Crippen LogP contribution in [0.2, 0.25) is 5.02 Å². The van der Waals surface area contributed by atoms with Gasteiger partial charge in [-0.1, -0.05) is 43.7 Å². The van der Waals surface area contributed by atoms with Gasteiger partial charge in [0.1, 0.15) is 4.90 Å². The summed E-state index contributed by atoms with van der Waals surface area (Å²) in [5.74, 6) is -0.131. The lowest BCUT2D eigenvalue weighted by molar-refractivity contribution is 0.0717. The summed E-state index contributed by atoms with van der Waals surface area (Å²) in [5, 5.41) is 0.175. The summed E-state index contributed by atoms with van der Waals surface area (Å²) in [6.07, 6.45) is 9.50. The van der Waals surface area contributed by atoms with Crippen LogP contribution in [0.4, 0.5) is 0 Å². The Labute approximate surface area is 167 Å². The van der Waals surface area contributed by atoms with Gasteiger partial charge < -0.3 is 4.90 Å². The molecule has 0 spiro atoms. The van der Waals surface area contributed by atoms with Crippen LogP contribution in [-0.4, -0.2) is 49.7 Å². The molecule has 1 saturated carbocycles. The second-order valence-corrected chi connectivity index (χ2v) is 9.98. The van der Waals surface area contributed by atoms with E-state index in [2.05, 4.69) is 0 Å². The summed E-state index contributed by atoms with van der Waals surface area (Å²) < 4.78 is 27.5. The molecule has 0 N–H and O–H groups in total. The predicted octanol–water partition coefficient (Wildman–Crippen LogP) is 4.31. The zero-order valence-corrected chi connectivity index (χ0v) is 17.6. The van der Waals surface area contributed by atoms with Crippen LogP contribution in [0.3, 0.4) is 0 Å². The lowest BCUT2D eigenvalue weighted by Gasteiger charge is -2.28. The molecule has 1 saturated heterocycles. The van der Waals surface area contributed by atoms with Gasteiger partial charge >= 0.3 is 0 Å². The molecule has 2 aliphatic rings. The van der Waals surface area contributed by atoms with Gasteiger partial charge in [0, 0.05) is 31.7 Å². The maximum absolute atomic E-state index is 13.0. The highest BCUT2D eigenvalue weighted by atomic mass is 35.5. The van der Waals surface area contributed by atoms with E-state index in [0.29, 0.717) is 18.7 Å². The van der Waals surface area contributed by atoms with Crippen molar-refractivity contribution in [2.24, 2.45) is 0 Å². The maximum Gasteiger partial charge on any atom is 0.253 e. The van der Waals surface area contributed by atoms with Crippen molar-refractivity contribution in [3.63, 3.8) is 0 Å². The molecule has 2 fully saturated rings. The molecule has 150 valence electrons. The highest BCUT2D eigenvalue weighted by Gasteiger charge is 2.30. The van der Waals surface area contributed by atoms with Crippen LogP contribution in [0.1, 0.15) is 68.1 Å². The van der Waals surface area contributed by atoms with Gasteiger partial charge in [-0.25, -0.2) is 8.42 Å². The zero-order valence-electron chi connectivity index (χ0n) is 16.0. The summed E-state index contributed by atoms with van der Waals surface area (Å²) in [6.45, 7) is 1.03. The molecule has 0 unspecified atom stereocenters. The Morgan fingerprint density at radius 3 is 2.26 bits per heavy atom. The van der Waals surface area contributed by atoms with E-state index in [1.54, 1.807) is 11.0 Å². The molecule has 0 radical (unpaired) electrons. The fraction of sp³-hybridized carbons (Fsp3) is 0.650. The minimum Gasteiger partial charge on any atom is -0.339 e.